The molecule has 130 valence electrons. The van der Waals surface area contributed by atoms with Gasteiger partial charge in [0, 0.05) is 6.07 Å². The number of allylic oxidation sites excluding steroid dienone is 1. The first-order valence-electron chi connectivity index (χ1n) is 7.36. The fourth-order valence-corrected chi connectivity index (χ4v) is 2.24. The standard InChI is InChI=1S/C19H18O6/c1-23-13-7-4-12(5-8-13)6-9-16(20)14-10-15(19(21)22)18(25-3)11-17(14)24-2/h4-11H,1-3H3,(H,21,22)/b9-6+. The molecule has 0 radical (unpaired) electrons. The van der Waals surface area contributed by atoms with Crippen LogP contribution < -0.4 is 14.2 Å². The Balaban J connectivity index is 2.35. The Bertz CT molecular complexity index is 805. The van der Waals surface area contributed by atoms with Gasteiger partial charge in [0.15, 0.2) is 5.78 Å². The number of carboxylic acids is 1. The first-order valence-corrected chi connectivity index (χ1v) is 7.36. The Labute approximate surface area is 145 Å². The highest BCUT2D eigenvalue weighted by atomic mass is 16.5. The molecule has 0 bridgehead atoms. The van der Waals surface area contributed by atoms with E-state index in [2.05, 4.69) is 0 Å². The first kappa shape index (κ1) is 18.1. The number of carboxylic acid groups (broad SMARTS) is 1. The molecule has 1 N–H and O–H groups in total. The predicted octanol–water partition coefficient (Wildman–Crippen LogP) is 3.31. The van der Waals surface area contributed by atoms with Crippen molar-refractivity contribution in [3.8, 4) is 17.2 Å². The molecule has 0 aliphatic carbocycles. The van der Waals surface area contributed by atoms with Crippen molar-refractivity contribution in [2.75, 3.05) is 21.3 Å². The van der Waals surface area contributed by atoms with Crippen LogP contribution in [0.15, 0.2) is 42.5 Å². The summed E-state index contributed by atoms with van der Waals surface area (Å²) in [5.41, 5.74) is 0.843. The molecule has 0 atom stereocenters. The summed E-state index contributed by atoms with van der Waals surface area (Å²) in [5, 5.41) is 9.26. The minimum Gasteiger partial charge on any atom is -0.497 e. The number of aromatic carboxylic acids is 1. The largest absolute Gasteiger partial charge is 0.497 e. The van der Waals surface area contributed by atoms with Crippen LogP contribution in [-0.4, -0.2) is 38.2 Å². The Morgan fingerprint density at radius 1 is 0.880 bits per heavy atom. The second-order valence-corrected chi connectivity index (χ2v) is 5.03. The summed E-state index contributed by atoms with van der Waals surface area (Å²) in [4.78, 5) is 23.8. The summed E-state index contributed by atoms with van der Waals surface area (Å²) in [6, 6.07) is 9.80. The molecule has 2 aromatic rings. The third-order valence-corrected chi connectivity index (χ3v) is 3.56. The van der Waals surface area contributed by atoms with Crippen LogP contribution in [0.25, 0.3) is 6.08 Å². The first-order chi connectivity index (χ1) is 12.0. The number of ketones is 1. The Morgan fingerprint density at radius 3 is 2.00 bits per heavy atom. The van der Waals surface area contributed by atoms with Crippen molar-refractivity contribution in [1.82, 2.24) is 0 Å². The van der Waals surface area contributed by atoms with Crippen LogP contribution in [0.5, 0.6) is 17.2 Å². The molecule has 0 saturated carbocycles. The Morgan fingerprint density at radius 2 is 1.48 bits per heavy atom. The highest BCUT2D eigenvalue weighted by molar-refractivity contribution is 6.10. The molecule has 2 aromatic carbocycles. The second kappa shape index (κ2) is 8.01. The van der Waals surface area contributed by atoms with E-state index in [4.69, 9.17) is 14.2 Å². The molecule has 6 heteroatoms. The number of hydrogen-bond donors (Lipinski definition) is 1. The van der Waals surface area contributed by atoms with Gasteiger partial charge in [0.2, 0.25) is 0 Å². The maximum Gasteiger partial charge on any atom is 0.339 e. The van der Waals surface area contributed by atoms with E-state index in [1.807, 2.05) is 0 Å². The zero-order chi connectivity index (χ0) is 18.4. The molecule has 0 unspecified atom stereocenters. The van der Waals surface area contributed by atoms with Gasteiger partial charge in [-0.3, -0.25) is 4.79 Å². The highest BCUT2D eigenvalue weighted by Gasteiger charge is 2.19. The van der Waals surface area contributed by atoms with E-state index in [1.54, 1.807) is 37.5 Å². The van der Waals surface area contributed by atoms with Crippen molar-refractivity contribution in [1.29, 1.82) is 0 Å². The number of carbonyl (C=O) groups is 2. The summed E-state index contributed by atoms with van der Waals surface area (Å²) in [6.07, 6.45) is 2.99. The molecule has 0 spiro atoms. The van der Waals surface area contributed by atoms with Gasteiger partial charge < -0.3 is 19.3 Å². The Hall–Kier alpha value is -3.28. The van der Waals surface area contributed by atoms with Gasteiger partial charge in [0.25, 0.3) is 0 Å². The molecule has 0 fully saturated rings. The van der Waals surface area contributed by atoms with Crippen LogP contribution in [0.1, 0.15) is 26.3 Å². The predicted molar refractivity (Wildman–Crippen MR) is 92.9 cm³/mol. The topological polar surface area (TPSA) is 82.1 Å². The number of benzene rings is 2. The normalized spacial score (nSPS) is 10.5. The van der Waals surface area contributed by atoms with Crippen LogP contribution in [0, 0.1) is 0 Å². The number of rotatable bonds is 7. The molecule has 25 heavy (non-hydrogen) atoms. The van der Waals surface area contributed by atoms with Crippen molar-refractivity contribution in [3.63, 3.8) is 0 Å². The smallest absolute Gasteiger partial charge is 0.339 e. The van der Waals surface area contributed by atoms with E-state index in [0.717, 1.165) is 5.56 Å². The quantitative estimate of drug-likeness (QED) is 0.614. The molecule has 0 aromatic heterocycles. The van der Waals surface area contributed by atoms with Crippen LogP contribution in [0.3, 0.4) is 0 Å². The van der Waals surface area contributed by atoms with Gasteiger partial charge in [0.1, 0.15) is 22.8 Å². The molecular weight excluding hydrogens is 324 g/mol. The van der Waals surface area contributed by atoms with Crippen molar-refractivity contribution >= 4 is 17.8 Å². The molecule has 0 amide bonds. The highest BCUT2D eigenvalue weighted by Crippen LogP contribution is 2.30. The minimum atomic E-state index is -1.19. The number of ether oxygens (including phenoxy) is 3. The van der Waals surface area contributed by atoms with Gasteiger partial charge >= 0.3 is 5.97 Å². The van der Waals surface area contributed by atoms with E-state index in [0.29, 0.717) is 5.75 Å². The minimum absolute atomic E-state index is 0.107. The third-order valence-electron chi connectivity index (χ3n) is 3.56. The fourth-order valence-electron chi connectivity index (χ4n) is 2.24. The lowest BCUT2D eigenvalue weighted by molar-refractivity contribution is 0.0693. The van der Waals surface area contributed by atoms with Gasteiger partial charge in [-0.15, -0.1) is 0 Å². The van der Waals surface area contributed by atoms with E-state index < -0.39 is 5.97 Å². The molecule has 0 heterocycles. The lowest BCUT2D eigenvalue weighted by Gasteiger charge is -2.11. The summed E-state index contributed by atoms with van der Waals surface area (Å²) in [7, 11) is 4.33. The SMILES string of the molecule is COc1ccc(/C=C/C(=O)c2cc(C(=O)O)c(OC)cc2OC)cc1. The average Bonchev–Trinajstić information content (AvgIpc) is 2.65. The molecule has 6 nitrogen and oxygen atoms in total. The average molecular weight is 342 g/mol. The molecule has 2 rings (SSSR count). The summed E-state index contributed by atoms with van der Waals surface area (Å²) in [5.74, 6) is -0.483. The summed E-state index contributed by atoms with van der Waals surface area (Å²) < 4.78 is 15.3. The molecular formula is C19H18O6. The van der Waals surface area contributed by atoms with Crippen molar-refractivity contribution in [2.24, 2.45) is 0 Å². The van der Waals surface area contributed by atoms with Crippen LogP contribution in [-0.2, 0) is 0 Å². The van der Waals surface area contributed by atoms with Crippen LogP contribution in [0.4, 0.5) is 0 Å². The van der Waals surface area contributed by atoms with E-state index in [-0.39, 0.29) is 28.4 Å². The van der Waals surface area contributed by atoms with Crippen LogP contribution in [0.2, 0.25) is 0 Å². The van der Waals surface area contributed by atoms with E-state index in [9.17, 15) is 14.7 Å². The summed E-state index contributed by atoms with van der Waals surface area (Å²) in [6.45, 7) is 0. The monoisotopic (exact) mass is 342 g/mol. The van der Waals surface area contributed by atoms with E-state index >= 15 is 0 Å². The van der Waals surface area contributed by atoms with Gasteiger partial charge in [0.05, 0.1) is 26.9 Å². The third kappa shape index (κ3) is 4.17. The maximum absolute atomic E-state index is 12.5. The van der Waals surface area contributed by atoms with Gasteiger partial charge in [-0.25, -0.2) is 4.79 Å². The Kier molecular flexibility index (Phi) is 5.79. The molecule has 0 aliphatic rings. The number of hydrogen-bond acceptors (Lipinski definition) is 5. The van der Waals surface area contributed by atoms with Gasteiger partial charge in [-0.05, 0) is 29.8 Å². The number of carbonyl (C=O) groups excluding carboxylic acids is 1. The fraction of sp³-hybridized carbons (Fsp3) is 0.158. The molecule has 0 saturated heterocycles. The lowest BCUT2D eigenvalue weighted by Crippen LogP contribution is -2.06. The zero-order valence-electron chi connectivity index (χ0n) is 14.1. The van der Waals surface area contributed by atoms with Crippen LogP contribution >= 0.6 is 0 Å². The van der Waals surface area contributed by atoms with Gasteiger partial charge in [-0.1, -0.05) is 18.2 Å². The van der Waals surface area contributed by atoms with Crippen molar-refractivity contribution in [3.05, 3.63) is 59.2 Å². The van der Waals surface area contributed by atoms with Crippen molar-refractivity contribution in [2.45, 2.75) is 0 Å². The zero-order valence-corrected chi connectivity index (χ0v) is 14.1. The van der Waals surface area contributed by atoms with E-state index in [1.165, 1.54) is 32.4 Å². The molecule has 0 aliphatic heterocycles. The summed E-state index contributed by atoms with van der Waals surface area (Å²) >= 11 is 0. The lowest BCUT2D eigenvalue weighted by atomic mass is 10.0. The maximum atomic E-state index is 12.5. The second-order valence-electron chi connectivity index (χ2n) is 5.03. The van der Waals surface area contributed by atoms with Gasteiger partial charge in [-0.2, -0.15) is 0 Å². The number of methoxy groups -OCH3 is 3. The van der Waals surface area contributed by atoms with Crippen molar-refractivity contribution < 1.29 is 28.9 Å².